The van der Waals surface area contributed by atoms with Crippen LogP contribution in [0.3, 0.4) is 0 Å². The number of nitrogens with one attached hydrogen (secondary N) is 1. The molecule has 0 fully saturated rings. The molecule has 0 aliphatic carbocycles. The van der Waals surface area contributed by atoms with Crippen molar-refractivity contribution in [2.75, 3.05) is 11.1 Å². The lowest BCUT2D eigenvalue weighted by molar-refractivity contribution is 0.133. The summed E-state index contributed by atoms with van der Waals surface area (Å²) >= 11 is 0. The molecule has 0 bridgehead atoms. The molecule has 4 nitrogen and oxygen atoms in total. The molecule has 4 heteroatoms. The smallest absolute Gasteiger partial charge is 0.126 e. The van der Waals surface area contributed by atoms with E-state index in [0.29, 0.717) is 5.69 Å². The van der Waals surface area contributed by atoms with Crippen molar-refractivity contribution in [3.63, 3.8) is 0 Å². The summed E-state index contributed by atoms with van der Waals surface area (Å²) in [6.07, 6.45) is 1.16. The minimum absolute atomic E-state index is 0.407. The lowest BCUT2D eigenvalue weighted by atomic mass is 9.99. The lowest BCUT2D eigenvalue weighted by Gasteiger charge is -2.30. The number of rotatable bonds is 3. The summed E-state index contributed by atoms with van der Waals surface area (Å²) in [6, 6.07) is 1.87. The third-order valence-electron chi connectivity index (χ3n) is 2.65. The van der Waals surface area contributed by atoms with Gasteiger partial charge in [0, 0.05) is 0 Å². The van der Waals surface area contributed by atoms with Crippen molar-refractivity contribution >= 4 is 11.5 Å². The molecule has 0 radical (unpaired) electrons. The molecule has 1 aromatic heterocycles. The van der Waals surface area contributed by atoms with Gasteiger partial charge in [0.05, 0.1) is 23.5 Å². The fourth-order valence-electron chi connectivity index (χ4n) is 1.07. The number of hydrogen-bond acceptors (Lipinski definition) is 4. The van der Waals surface area contributed by atoms with E-state index in [1.165, 1.54) is 0 Å². The largest absolute Gasteiger partial charge is 0.397 e. The van der Waals surface area contributed by atoms with E-state index >= 15 is 0 Å². The fourth-order valence-corrected chi connectivity index (χ4v) is 1.07. The Labute approximate surface area is 90.5 Å². The zero-order valence-electron chi connectivity index (χ0n) is 9.70. The molecular formula is C11H19N3O. The number of aryl methyl sites for hydroxylation is 1. The summed E-state index contributed by atoms with van der Waals surface area (Å²) in [6.45, 7) is 7.52. The zero-order chi connectivity index (χ0) is 11.6. The van der Waals surface area contributed by atoms with Gasteiger partial charge in [-0.25, -0.2) is 4.98 Å². The van der Waals surface area contributed by atoms with E-state index in [1.54, 1.807) is 13.1 Å². The normalized spacial score (nSPS) is 13.7. The van der Waals surface area contributed by atoms with Crippen LogP contribution in [0.15, 0.2) is 12.3 Å². The highest BCUT2D eigenvalue weighted by molar-refractivity contribution is 5.51. The molecule has 0 saturated heterocycles. The van der Waals surface area contributed by atoms with E-state index < -0.39 is 11.6 Å². The van der Waals surface area contributed by atoms with Crippen LogP contribution in [0.2, 0.25) is 0 Å². The molecular weight excluding hydrogens is 190 g/mol. The minimum atomic E-state index is -0.461. The predicted molar refractivity (Wildman–Crippen MR) is 62.8 cm³/mol. The Morgan fingerprint density at radius 1 is 1.53 bits per heavy atom. The minimum Gasteiger partial charge on any atom is -0.397 e. The number of pyridine rings is 1. The molecule has 1 unspecified atom stereocenters. The molecule has 0 aliphatic heterocycles. The van der Waals surface area contributed by atoms with E-state index in [0.717, 1.165) is 11.4 Å². The summed E-state index contributed by atoms with van der Waals surface area (Å²) in [5.74, 6) is 0.729. The van der Waals surface area contributed by atoms with Crippen LogP contribution in [0.1, 0.15) is 26.3 Å². The summed E-state index contributed by atoms with van der Waals surface area (Å²) in [4.78, 5) is 4.16. The maximum Gasteiger partial charge on any atom is 0.126 e. The summed E-state index contributed by atoms with van der Waals surface area (Å²) in [7, 11) is 0. The van der Waals surface area contributed by atoms with Crippen LogP contribution in [0, 0.1) is 6.92 Å². The summed E-state index contributed by atoms with van der Waals surface area (Å²) in [5.41, 5.74) is 6.92. The second kappa shape index (κ2) is 4.06. The Morgan fingerprint density at radius 3 is 2.60 bits per heavy atom. The van der Waals surface area contributed by atoms with Crippen LogP contribution in [0.4, 0.5) is 11.5 Å². The number of nitrogens with two attached hydrogens (primary N) is 1. The van der Waals surface area contributed by atoms with Gasteiger partial charge in [-0.15, -0.1) is 0 Å². The molecule has 84 valence electrons. The number of nitrogens with zero attached hydrogens (tertiary/aromatic N) is 1. The van der Waals surface area contributed by atoms with Crippen LogP contribution in [-0.2, 0) is 0 Å². The van der Waals surface area contributed by atoms with E-state index in [1.807, 2.05) is 26.8 Å². The first kappa shape index (κ1) is 11.8. The quantitative estimate of drug-likeness (QED) is 0.706. The number of aliphatic hydroxyl groups is 1. The monoisotopic (exact) mass is 209 g/mol. The van der Waals surface area contributed by atoms with Gasteiger partial charge in [0.1, 0.15) is 5.82 Å². The number of nitrogen functional groups attached to an aromatic ring is 1. The van der Waals surface area contributed by atoms with Gasteiger partial charge in [-0.05, 0) is 39.3 Å². The molecule has 1 aromatic rings. The molecule has 0 spiro atoms. The van der Waals surface area contributed by atoms with Gasteiger partial charge in [0.2, 0.25) is 0 Å². The number of aliphatic hydroxyl groups excluding tert-OH is 1. The van der Waals surface area contributed by atoms with Gasteiger partial charge < -0.3 is 16.2 Å². The highest BCUT2D eigenvalue weighted by atomic mass is 16.3. The van der Waals surface area contributed by atoms with Crippen LogP contribution in [0.5, 0.6) is 0 Å². The van der Waals surface area contributed by atoms with E-state index in [-0.39, 0.29) is 0 Å². The average molecular weight is 209 g/mol. The molecule has 0 amide bonds. The Kier molecular flexibility index (Phi) is 3.19. The first-order chi connectivity index (χ1) is 6.83. The van der Waals surface area contributed by atoms with Crippen molar-refractivity contribution < 1.29 is 5.11 Å². The van der Waals surface area contributed by atoms with Crippen LogP contribution in [0.25, 0.3) is 0 Å². The highest BCUT2D eigenvalue weighted by Crippen LogP contribution is 2.19. The summed E-state index contributed by atoms with van der Waals surface area (Å²) in [5, 5.41) is 12.7. The first-order valence-electron chi connectivity index (χ1n) is 5.01. The Hall–Kier alpha value is -1.29. The Bertz CT molecular complexity index is 348. The maximum absolute atomic E-state index is 9.55. The lowest BCUT2D eigenvalue weighted by Crippen LogP contribution is -2.42. The van der Waals surface area contributed by atoms with Gasteiger partial charge in [-0.2, -0.15) is 0 Å². The topological polar surface area (TPSA) is 71.2 Å². The van der Waals surface area contributed by atoms with Crippen molar-refractivity contribution in [1.29, 1.82) is 0 Å². The molecule has 1 heterocycles. The Balaban J connectivity index is 2.86. The Morgan fingerprint density at radius 2 is 2.13 bits per heavy atom. The van der Waals surface area contributed by atoms with Crippen LogP contribution >= 0.6 is 0 Å². The van der Waals surface area contributed by atoms with E-state index in [9.17, 15) is 5.11 Å². The molecule has 1 rings (SSSR count). The fraction of sp³-hybridized carbons (Fsp3) is 0.545. The number of hydrogen-bond donors (Lipinski definition) is 3. The standard InChI is InChI=1S/C11H19N3O/c1-7-5-10(13-6-9(7)12)14-11(3,4)8(2)15/h5-6,8,15H,12H2,1-4H3,(H,13,14). The predicted octanol–water partition coefficient (Wildman–Crippen LogP) is 1.54. The number of aromatic nitrogens is 1. The molecule has 0 aliphatic rings. The van der Waals surface area contributed by atoms with Crippen molar-refractivity contribution in [3.05, 3.63) is 17.8 Å². The van der Waals surface area contributed by atoms with Crippen LogP contribution < -0.4 is 11.1 Å². The van der Waals surface area contributed by atoms with Crippen molar-refractivity contribution in [1.82, 2.24) is 4.98 Å². The second-order valence-corrected chi connectivity index (χ2v) is 4.45. The highest BCUT2D eigenvalue weighted by Gasteiger charge is 2.24. The molecule has 15 heavy (non-hydrogen) atoms. The third kappa shape index (κ3) is 2.83. The SMILES string of the molecule is Cc1cc(NC(C)(C)C(C)O)ncc1N. The second-order valence-electron chi connectivity index (χ2n) is 4.45. The van der Waals surface area contributed by atoms with Gasteiger partial charge in [-0.3, -0.25) is 0 Å². The van der Waals surface area contributed by atoms with Crippen molar-refractivity contribution in [2.24, 2.45) is 0 Å². The first-order valence-corrected chi connectivity index (χ1v) is 5.01. The third-order valence-corrected chi connectivity index (χ3v) is 2.65. The molecule has 0 saturated carbocycles. The molecule has 1 atom stereocenters. The van der Waals surface area contributed by atoms with E-state index in [2.05, 4.69) is 10.3 Å². The zero-order valence-corrected chi connectivity index (χ0v) is 9.70. The number of anilines is 2. The van der Waals surface area contributed by atoms with Gasteiger partial charge in [0.15, 0.2) is 0 Å². The van der Waals surface area contributed by atoms with E-state index in [4.69, 9.17) is 5.73 Å². The van der Waals surface area contributed by atoms with Gasteiger partial charge in [0.25, 0.3) is 0 Å². The molecule has 0 aromatic carbocycles. The van der Waals surface area contributed by atoms with Gasteiger partial charge >= 0.3 is 0 Å². The van der Waals surface area contributed by atoms with Crippen LogP contribution in [-0.4, -0.2) is 21.7 Å². The molecule has 4 N–H and O–H groups in total. The van der Waals surface area contributed by atoms with Crippen molar-refractivity contribution in [3.8, 4) is 0 Å². The maximum atomic E-state index is 9.55. The summed E-state index contributed by atoms with van der Waals surface area (Å²) < 4.78 is 0. The van der Waals surface area contributed by atoms with Crippen molar-refractivity contribution in [2.45, 2.75) is 39.3 Å². The average Bonchev–Trinajstić information content (AvgIpc) is 2.10. The van der Waals surface area contributed by atoms with Gasteiger partial charge in [-0.1, -0.05) is 0 Å².